The first-order chi connectivity index (χ1) is 8.28. The molecular formula is C12H16N4O. The van der Waals surface area contributed by atoms with Crippen LogP contribution in [0.3, 0.4) is 0 Å². The fourth-order valence-electron chi connectivity index (χ4n) is 2.47. The number of anilines is 2. The maximum Gasteiger partial charge on any atom is 0.0672 e. The van der Waals surface area contributed by atoms with Gasteiger partial charge in [-0.15, -0.1) is 0 Å². The number of aromatic amines is 1. The maximum absolute atomic E-state index is 9.16. The molecule has 1 unspecified atom stereocenters. The number of benzene rings is 1. The van der Waals surface area contributed by atoms with Gasteiger partial charge < -0.3 is 15.7 Å². The van der Waals surface area contributed by atoms with Gasteiger partial charge in [-0.1, -0.05) is 0 Å². The molecule has 1 fully saturated rings. The molecule has 0 aliphatic carbocycles. The van der Waals surface area contributed by atoms with Crippen molar-refractivity contribution in [1.29, 1.82) is 0 Å². The summed E-state index contributed by atoms with van der Waals surface area (Å²) in [6.07, 6.45) is 2.80. The summed E-state index contributed by atoms with van der Waals surface area (Å²) in [5.74, 6) is 0.367. The second kappa shape index (κ2) is 3.92. The number of nitrogens with two attached hydrogens (primary N) is 1. The summed E-state index contributed by atoms with van der Waals surface area (Å²) in [4.78, 5) is 2.23. The van der Waals surface area contributed by atoms with Crippen LogP contribution in [0.1, 0.15) is 6.42 Å². The molecule has 1 aliphatic rings. The van der Waals surface area contributed by atoms with Gasteiger partial charge in [-0.3, -0.25) is 5.10 Å². The van der Waals surface area contributed by atoms with Gasteiger partial charge >= 0.3 is 0 Å². The lowest BCUT2D eigenvalue weighted by molar-refractivity contribution is 0.238. The number of hydrogen-bond acceptors (Lipinski definition) is 4. The number of nitrogens with zero attached hydrogens (tertiary/aromatic N) is 2. The summed E-state index contributed by atoms with van der Waals surface area (Å²) in [5.41, 5.74) is 8.88. The van der Waals surface area contributed by atoms with E-state index in [9.17, 15) is 0 Å². The van der Waals surface area contributed by atoms with E-state index in [1.165, 1.54) is 0 Å². The Morgan fingerprint density at radius 1 is 1.53 bits per heavy atom. The SMILES string of the molecule is Nc1cc2cn[nH]c2cc1N1CCC(CO)C1. The van der Waals surface area contributed by atoms with Crippen molar-refractivity contribution in [3.63, 3.8) is 0 Å². The largest absolute Gasteiger partial charge is 0.397 e. The third-order valence-corrected chi connectivity index (χ3v) is 3.47. The zero-order valence-corrected chi connectivity index (χ0v) is 9.56. The molecule has 1 saturated heterocycles. The monoisotopic (exact) mass is 232 g/mol. The maximum atomic E-state index is 9.16. The van der Waals surface area contributed by atoms with Gasteiger partial charge in [0.1, 0.15) is 0 Å². The van der Waals surface area contributed by atoms with E-state index in [-0.39, 0.29) is 6.61 Å². The minimum absolute atomic E-state index is 0.253. The van der Waals surface area contributed by atoms with Crippen LogP contribution in [0.25, 0.3) is 10.9 Å². The lowest BCUT2D eigenvalue weighted by atomic mass is 10.1. The highest BCUT2D eigenvalue weighted by Crippen LogP contribution is 2.31. The Morgan fingerprint density at radius 3 is 3.18 bits per heavy atom. The molecule has 90 valence electrons. The fourth-order valence-corrected chi connectivity index (χ4v) is 2.47. The molecule has 1 atom stereocenters. The second-order valence-electron chi connectivity index (χ2n) is 4.65. The van der Waals surface area contributed by atoms with Gasteiger partial charge in [0.05, 0.1) is 23.1 Å². The molecule has 17 heavy (non-hydrogen) atoms. The van der Waals surface area contributed by atoms with Crippen LogP contribution in [0.5, 0.6) is 0 Å². The zero-order valence-electron chi connectivity index (χ0n) is 9.56. The second-order valence-corrected chi connectivity index (χ2v) is 4.65. The number of rotatable bonds is 2. The number of aliphatic hydroxyl groups excluding tert-OH is 1. The minimum atomic E-state index is 0.253. The molecule has 1 aromatic carbocycles. The van der Waals surface area contributed by atoms with E-state index in [1.54, 1.807) is 6.20 Å². The highest BCUT2D eigenvalue weighted by molar-refractivity contribution is 5.89. The molecule has 4 N–H and O–H groups in total. The van der Waals surface area contributed by atoms with Crippen molar-refractivity contribution < 1.29 is 5.11 Å². The summed E-state index contributed by atoms with van der Waals surface area (Å²) in [5, 5.41) is 17.2. The predicted molar refractivity (Wildman–Crippen MR) is 67.9 cm³/mol. The van der Waals surface area contributed by atoms with Gasteiger partial charge in [0.2, 0.25) is 0 Å². The molecule has 5 heteroatoms. The van der Waals surface area contributed by atoms with E-state index in [0.29, 0.717) is 5.92 Å². The van der Waals surface area contributed by atoms with E-state index in [1.807, 2.05) is 12.1 Å². The topological polar surface area (TPSA) is 78.2 Å². The number of H-pyrrole nitrogens is 1. The molecule has 3 rings (SSSR count). The summed E-state index contributed by atoms with van der Waals surface area (Å²) >= 11 is 0. The minimum Gasteiger partial charge on any atom is -0.397 e. The molecule has 1 aromatic heterocycles. The van der Waals surface area contributed by atoms with Crippen molar-refractivity contribution in [2.45, 2.75) is 6.42 Å². The Kier molecular flexibility index (Phi) is 2.40. The van der Waals surface area contributed by atoms with Gasteiger partial charge in [0.15, 0.2) is 0 Å². The summed E-state index contributed by atoms with van der Waals surface area (Å²) in [7, 11) is 0. The lowest BCUT2D eigenvalue weighted by Gasteiger charge is -2.20. The molecule has 2 heterocycles. The molecule has 2 aromatic rings. The number of hydrogen-bond donors (Lipinski definition) is 3. The smallest absolute Gasteiger partial charge is 0.0672 e. The Bertz CT molecular complexity index is 536. The van der Waals surface area contributed by atoms with E-state index >= 15 is 0 Å². The van der Waals surface area contributed by atoms with Gasteiger partial charge in [0.25, 0.3) is 0 Å². The van der Waals surface area contributed by atoms with E-state index in [4.69, 9.17) is 10.8 Å². The van der Waals surface area contributed by atoms with Crippen LogP contribution in [-0.2, 0) is 0 Å². The molecule has 0 saturated carbocycles. The van der Waals surface area contributed by atoms with Gasteiger partial charge in [-0.25, -0.2) is 0 Å². The number of nitrogens with one attached hydrogen (secondary N) is 1. The molecular weight excluding hydrogens is 216 g/mol. The van der Waals surface area contributed by atoms with E-state index in [2.05, 4.69) is 15.1 Å². The lowest BCUT2D eigenvalue weighted by Crippen LogP contribution is -2.21. The molecule has 1 aliphatic heterocycles. The molecule has 0 bridgehead atoms. The van der Waals surface area contributed by atoms with Crippen molar-refractivity contribution in [3.05, 3.63) is 18.3 Å². The van der Waals surface area contributed by atoms with Crippen LogP contribution < -0.4 is 10.6 Å². The normalized spacial score (nSPS) is 20.3. The van der Waals surface area contributed by atoms with E-state index in [0.717, 1.165) is 41.8 Å². The zero-order chi connectivity index (χ0) is 11.8. The molecule has 0 radical (unpaired) electrons. The van der Waals surface area contributed by atoms with Gasteiger partial charge in [0, 0.05) is 31.0 Å². The first-order valence-electron chi connectivity index (χ1n) is 5.86. The first kappa shape index (κ1) is 10.4. The van der Waals surface area contributed by atoms with Crippen LogP contribution in [0.2, 0.25) is 0 Å². The molecule has 0 spiro atoms. The highest BCUT2D eigenvalue weighted by atomic mass is 16.3. The number of fused-ring (bicyclic) bond motifs is 1. The third kappa shape index (κ3) is 1.72. The average Bonchev–Trinajstić information content (AvgIpc) is 2.94. The third-order valence-electron chi connectivity index (χ3n) is 3.47. The number of aliphatic hydroxyl groups is 1. The van der Waals surface area contributed by atoms with Crippen molar-refractivity contribution in [3.8, 4) is 0 Å². The summed E-state index contributed by atoms with van der Waals surface area (Å²) in [6.45, 7) is 2.08. The quantitative estimate of drug-likeness (QED) is 0.674. The summed E-state index contributed by atoms with van der Waals surface area (Å²) < 4.78 is 0. The van der Waals surface area contributed by atoms with Crippen molar-refractivity contribution in [2.75, 3.05) is 30.3 Å². The Labute approximate surface area is 99.2 Å². The molecule has 5 nitrogen and oxygen atoms in total. The standard InChI is InChI=1S/C12H16N4O/c13-10-3-9-5-14-15-11(9)4-12(10)16-2-1-8(6-16)7-17/h3-5,8,17H,1-2,6-7,13H2,(H,14,15). The number of aromatic nitrogens is 2. The first-order valence-corrected chi connectivity index (χ1v) is 5.86. The van der Waals surface area contributed by atoms with Crippen LogP contribution in [0, 0.1) is 5.92 Å². The molecule has 0 amide bonds. The van der Waals surface area contributed by atoms with Crippen molar-refractivity contribution in [1.82, 2.24) is 10.2 Å². The van der Waals surface area contributed by atoms with Crippen LogP contribution >= 0.6 is 0 Å². The van der Waals surface area contributed by atoms with Gasteiger partial charge in [-0.05, 0) is 18.6 Å². The van der Waals surface area contributed by atoms with E-state index < -0.39 is 0 Å². The van der Waals surface area contributed by atoms with Crippen LogP contribution in [0.4, 0.5) is 11.4 Å². The summed E-state index contributed by atoms with van der Waals surface area (Å²) in [6, 6.07) is 3.98. The number of nitrogen functional groups attached to an aromatic ring is 1. The van der Waals surface area contributed by atoms with Gasteiger partial charge in [-0.2, -0.15) is 5.10 Å². The predicted octanol–water partition coefficient (Wildman–Crippen LogP) is 0.964. The highest BCUT2D eigenvalue weighted by Gasteiger charge is 2.23. The van der Waals surface area contributed by atoms with Crippen molar-refractivity contribution >= 4 is 22.3 Å². The fraction of sp³-hybridized carbons (Fsp3) is 0.417. The Morgan fingerprint density at radius 2 is 2.41 bits per heavy atom. The van der Waals surface area contributed by atoms with Crippen LogP contribution in [0.15, 0.2) is 18.3 Å². The Balaban J connectivity index is 1.96. The van der Waals surface area contributed by atoms with Crippen molar-refractivity contribution in [2.24, 2.45) is 5.92 Å². The average molecular weight is 232 g/mol. The Hall–Kier alpha value is -1.75. The van der Waals surface area contributed by atoms with Crippen LogP contribution in [-0.4, -0.2) is 35.0 Å².